The van der Waals surface area contributed by atoms with Crippen molar-refractivity contribution < 1.29 is 8.78 Å². The van der Waals surface area contributed by atoms with Crippen molar-refractivity contribution in [3.05, 3.63) is 34.3 Å². The molecule has 4 heteroatoms. The van der Waals surface area contributed by atoms with Gasteiger partial charge in [0.05, 0.1) is 0 Å². The van der Waals surface area contributed by atoms with Gasteiger partial charge in [-0.1, -0.05) is 44.0 Å². The first-order valence-electron chi connectivity index (χ1n) is 6.67. The molecular weight excluding hydrogens is 378 g/mol. The molecule has 1 aliphatic rings. The molecule has 0 aromatic heterocycles. The van der Waals surface area contributed by atoms with Crippen molar-refractivity contribution in [3.63, 3.8) is 0 Å². The van der Waals surface area contributed by atoms with Crippen molar-refractivity contribution in [1.29, 1.82) is 0 Å². The monoisotopic (exact) mass is 394 g/mol. The average Bonchev–Trinajstić information content (AvgIpc) is 2.68. The fraction of sp³-hybridized carbons (Fsp3) is 0.600. The Balaban J connectivity index is 1.90. The van der Waals surface area contributed by atoms with Gasteiger partial charge in [0.15, 0.2) is 0 Å². The maximum absolute atomic E-state index is 13.2. The average molecular weight is 396 g/mol. The molecule has 1 aliphatic carbocycles. The highest BCUT2D eigenvalue weighted by Gasteiger charge is 2.39. The molecule has 2 rings (SSSR count). The summed E-state index contributed by atoms with van der Waals surface area (Å²) in [6, 6.07) is 8.24. The van der Waals surface area contributed by atoms with Crippen LogP contribution in [0, 0.1) is 11.8 Å². The van der Waals surface area contributed by atoms with Crippen LogP contribution in [0.25, 0.3) is 0 Å². The Labute approximate surface area is 130 Å². The second-order valence-electron chi connectivity index (χ2n) is 5.55. The van der Waals surface area contributed by atoms with E-state index >= 15 is 0 Å². The summed E-state index contributed by atoms with van der Waals surface area (Å²) in [5, 5.41) is 0.877. The van der Waals surface area contributed by atoms with Crippen molar-refractivity contribution >= 4 is 31.9 Å². The Morgan fingerprint density at radius 2 is 2.16 bits per heavy atom. The molecule has 0 spiro atoms. The van der Waals surface area contributed by atoms with Crippen molar-refractivity contribution in [3.8, 4) is 0 Å². The number of hydrogen-bond donors (Lipinski definition) is 0. The lowest BCUT2D eigenvalue weighted by molar-refractivity contribution is 0.00419. The molecule has 1 saturated carbocycles. The number of rotatable bonds is 5. The van der Waals surface area contributed by atoms with Crippen LogP contribution in [0.2, 0.25) is 0 Å². The van der Waals surface area contributed by atoms with Crippen LogP contribution in [0.1, 0.15) is 31.2 Å². The van der Waals surface area contributed by atoms with Gasteiger partial charge in [-0.05, 0) is 48.8 Å². The van der Waals surface area contributed by atoms with Crippen molar-refractivity contribution in [2.45, 2.75) is 38.0 Å². The van der Waals surface area contributed by atoms with Gasteiger partial charge in [-0.2, -0.15) is 0 Å². The summed E-state index contributed by atoms with van der Waals surface area (Å²) >= 11 is 6.99. The molecular formula is C15H18Br2F2. The molecule has 106 valence electrons. The molecule has 0 nitrogen and oxygen atoms in total. The molecule has 1 aromatic carbocycles. The molecule has 1 aromatic rings. The third-order valence-corrected chi connectivity index (χ3v) is 5.21. The second-order valence-corrected chi connectivity index (χ2v) is 7.12. The quantitative estimate of drug-likeness (QED) is 0.550. The smallest absolute Gasteiger partial charge is 0.207 e. The highest BCUT2D eigenvalue weighted by molar-refractivity contribution is 9.10. The summed E-state index contributed by atoms with van der Waals surface area (Å²) in [7, 11) is 0. The van der Waals surface area contributed by atoms with E-state index in [4.69, 9.17) is 0 Å². The predicted octanol–water partition coefficient (Wildman–Crippen LogP) is 5.83. The van der Waals surface area contributed by atoms with Crippen LogP contribution >= 0.6 is 31.9 Å². The summed E-state index contributed by atoms with van der Waals surface area (Å²) in [6.45, 7) is 0. The van der Waals surface area contributed by atoms with Crippen LogP contribution in [0.5, 0.6) is 0 Å². The molecule has 0 saturated heterocycles. The lowest BCUT2D eigenvalue weighted by atomic mass is 9.90. The van der Waals surface area contributed by atoms with Crippen LogP contribution in [0.4, 0.5) is 8.78 Å². The van der Waals surface area contributed by atoms with E-state index in [1.165, 1.54) is 5.56 Å². The van der Waals surface area contributed by atoms with Gasteiger partial charge in [0.2, 0.25) is 5.92 Å². The molecule has 1 fully saturated rings. The van der Waals surface area contributed by atoms with Gasteiger partial charge in [0, 0.05) is 22.6 Å². The van der Waals surface area contributed by atoms with Crippen LogP contribution in [-0.2, 0) is 6.42 Å². The van der Waals surface area contributed by atoms with Crippen molar-refractivity contribution in [2.24, 2.45) is 11.8 Å². The molecule has 2 atom stereocenters. The van der Waals surface area contributed by atoms with E-state index < -0.39 is 5.92 Å². The molecule has 0 heterocycles. The van der Waals surface area contributed by atoms with Crippen LogP contribution < -0.4 is 0 Å². The van der Waals surface area contributed by atoms with Gasteiger partial charge < -0.3 is 0 Å². The number of halogens is 4. The fourth-order valence-electron chi connectivity index (χ4n) is 2.91. The summed E-state index contributed by atoms with van der Waals surface area (Å²) in [5.74, 6) is -1.80. The van der Waals surface area contributed by atoms with E-state index in [2.05, 4.69) is 44.0 Å². The molecule has 19 heavy (non-hydrogen) atoms. The van der Waals surface area contributed by atoms with E-state index in [9.17, 15) is 8.78 Å². The predicted molar refractivity (Wildman–Crippen MR) is 82.0 cm³/mol. The van der Waals surface area contributed by atoms with E-state index in [-0.39, 0.29) is 18.8 Å². The standard InChI is InChI=1S/C15H18Br2F2/c16-10-13(6-11-2-1-3-14(17)8-11)7-12-4-5-15(18,19)9-12/h1-3,8,12-13H,4-7,9-10H2. The largest absolute Gasteiger partial charge is 0.248 e. The van der Waals surface area contributed by atoms with Gasteiger partial charge in [-0.15, -0.1) is 0 Å². The topological polar surface area (TPSA) is 0 Å². The minimum atomic E-state index is -2.42. The van der Waals surface area contributed by atoms with E-state index in [0.717, 1.165) is 22.6 Å². The van der Waals surface area contributed by atoms with Crippen LogP contribution in [-0.4, -0.2) is 11.3 Å². The fourth-order valence-corrected chi connectivity index (χ4v) is 3.85. The van der Waals surface area contributed by atoms with Gasteiger partial charge in [0.25, 0.3) is 0 Å². The molecule has 0 bridgehead atoms. The Morgan fingerprint density at radius 3 is 2.74 bits per heavy atom. The third kappa shape index (κ3) is 4.82. The maximum atomic E-state index is 13.2. The Morgan fingerprint density at radius 1 is 1.37 bits per heavy atom. The molecule has 0 N–H and O–H groups in total. The zero-order valence-corrected chi connectivity index (χ0v) is 13.9. The number of hydrogen-bond acceptors (Lipinski definition) is 0. The lowest BCUT2D eigenvalue weighted by Gasteiger charge is -2.19. The van der Waals surface area contributed by atoms with Crippen molar-refractivity contribution in [1.82, 2.24) is 0 Å². The van der Waals surface area contributed by atoms with E-state index in [1.807, 2.05) is 12.1 Å². The van der Waals surface area contributed by atoms with Crippen molar-refractivity contribution in [2.75, 3.05) is 5.33 Å². The minimum Gasteiger partial charge on any atom is -0.207 e. The highest BCUT2D eigenvalue weighted by Crippen LogP contribution is 2.42. The summed E-state index contributed by atoms with van der Waals surface area (Å²) in [5.41, 5.74) is 1.27. The number of alkyl halides is 3. The zero-order chi connectivity index (χ0) is 13.9. The first kappa shape index (κ1) is 15.4. The Kier molecular flexibility index (Phi) is 5.41. The first-order valence-corrected chi connectivity index (χ1v) is 8.58. The molecule has 0 amide bonds. The first-order chi connectivity index (χ1) is 8.98. The third-order valence-electron chi connectivity index (χ3n) is 3.80. The van der Waals surface area contributed by atoms with Gasteiger partial charge in [0.1, 0.15) is 0 Å². The molecule has 0 aliphatic heterocycles. The molecule has 0 radical (unpaired) electrons. The minimum absolute atomic E-state index is 0.0730. The summed E-state index contributed by atoms with van der Waals surface area (Å²) in [4.78, 5) is 0. The normalized spacial score (nSPS) is 23.5. The van der Waals surface area contributed by atoms with Crippen LogP contribution in [0.3, 0.4) is 0 Å². The second kappa shape index (κ2) is 6.66. The summed E-state index contributed by atoms with van der Waals surface area (Å²) < 4.78 is 27.5. The summed E-state index contributed by atoms with van der Waals surface area (Å²) in [6.07, 6.45) is 2.67. The highest BCUT2D eigenvalue weighted by atomic mass is 79.9. The maximum Gasteiger partial charge on any atom is 0.248 e. The number of benzene rings is 1. The van der Waals surface area contributed by atoms with E-state index in [0.29, 0.717) is 12.3 Å². The molecule has 2 unspecified atom stereocenters. The van der Waals surface area contributed by atoms with Gasteiger partial charge in [-0.3, -0.25) is 0 Å². The van der Waals surface area contributed by atoms with E-state index in [1.54, 1.807) is 0 Å². The lowest BCUT2D eigenvalue weighted by Crippen LogP contribution is -2.14. The SMILES string of the molecule is FC1(F)CCC(CC(CBr)Cc2cccc(Br)c2)C1. The Hall–Kier alpha value is 0.0400. The van der Waals surface area contributed by atoms with Gasteiger partial charge >= 0.3 is 0 Å². The Bertz CT molecular complexity index is 420. The van der Waals surface area contributed by atoms with Gasteiger partial charge in [-0.25, -0.2) is 8.78 Å². The van der Waals surface area contributed by atoms with Crippen LogP contribution in [0.15, 0.2) is 28.7 Å². The zero-order valence-electron chi connectivity index (χ0n) is 10.7.